The molecule has 6 heteroatoms. The maximum atomic E-state index is 11.6. The van der Waals surface area contributed by atoms with Gasteiger partial charge in [0.15, 0.2) is 0 Å². The minimum Gasteiger partial charge on any atom is -0.272 e. The van der Waals surface area contributed by atoms with E-state index < -0.39 is 10.0 Å². The van der Waals surface area contributed by atoms with Gasteiger partial charge in [-0.2, -0.15) is 0 Å². The highest BCUT2D eigenvalue weighted by molar-refractivity contribution is 14.1. The summed E-state index contributed by atoms with van der Waals surface area (Å²) in [4.78, 5) is 0. The van der Waals surface area contributed by atoms with E-state index in [1.165, 1.54) is 11.4 Å². The molecule has 1 rings (SSSR count). The number of hydrogen-bond donors (Lipinski definition) is 0. The van der Waals surface area contributed by atoms with E-state index in [-0.39, 0.29) is 5.75 Å². The maximum absolute atomic E-state index is 11.6. The van der Waals surface area contributed by atoms with Crippen molar-refractivity contribution in [3.63, 3.8) is 0 Å². The lowest BCUT2D eigenvalue weighted by atomic mass is 10.3. The highest BCUT2D eigenvalue weighted by Gasteiger charge is 2.18. The summed E-state index contributed by atoms with van der Waals surface area (Å²) in [5.41, 5.74) is 0.616. The lowest BCUT2D eigenvalue weighted by Crippen LogP contribution is -2.28. The van der Waals surface area contributed by atoms with Gasteiger partial charge in [0.1, 0.15) is 0 Å². The van der Waals surface area contributed by atoms with Gasteiger partial charge in [-0.05, 0) is 47.7 Å². The predicted octanol–water partition coefficient (Wildman–Crippen LogP) is 2.73. The van der Waals surface area contributed by atoms with Crippen molar-refractivity contribution in [2.24, 2.45) is 0 Å². The van der Waals surface area contributed by atoms with Crippen LogP contribution in [0.3, 0.4) is 0 Å². The first-order chi connectivity index (χ1) is 6.88. The van der Waals surface area contributed by atoms with E-state index in [9.17, 15) is 8.42 Å². The van der Waals surface area contributed by atoms with Crippen LogP contribution < -0.4 is 4.31 Å². The number of benzene rings is 1. The Labute approximate surface area is 109 Å². The highest BCUT2D eigenvalue weighted by Crippen LogP contribution is 2.27. The molecule has 1 aromatic carbocycles. The van der Waals surface area contributed by atoms with Crippen molar-refractivity contribution in [2.45, 2.75) is 6.92 Å². The number of anilines is 1. The molecule has 0 bridgehead atoms. The molecule has 0 radical (unpaired) electrons. The van der Waals surface area contributed by atoms with Crippen molar-refractivity contribution in [3.05, 3.63) is 26.8 Å². The summed E-state index contributed by atoms with van der Waals surface area (Å²) >= 11 is 7.91. The smallest absolute Gasteiger partial charge is 0.234 e. The summed E-state index contributed by atoms with van der Waals surface area (Å²) in [5.74, 6) is 0.0755. The molecule has 0 aliphatic carbocycles. The third-order valence-corrected chi connectivity index (χ3v) is 4.94. The second kappa shape index (κ2) is 4.88. The lowest BCUT2D eigenvalue weighted by Gasteiger charge is -2.19. The first-order valence-corrected chi connectivity index (χ1v) is 7.36. The third-order valence-electron chi connectivity index (χ3n) is 2.03. The second-order valence-electron chi connectivity index (χ2n) is 2.96. The van der Waals surface area contributed by atoms with Crippen molar-refractivity contribution in [1.82, 2.24) is 0 Å². The fourth-order valence-electron chi connectivity index (χ4n) is 1.07. The molecule has 0 heterocycles. The first kappa shape index (κ1) is 13.1. The zero-order chi connectivity index (χ0) is 11.6. The van der Waals surface area contributed by atoms with Gasteiger partial charge >= 0.3 is 0 Å². The molecular formula is C9H11ClINO2S. The van der Waals surface area contributed by atoms with Gasteiger partial charge in [0.25, 0.3) is 0 Å². The summed E-state index contributed by atoms with van der Waals surface area (Å²) in [6.07, 6.45) is 0. The van der Waals surface area contributed by atoms with Gasteiger partial charge in [-0.1, -0.05) is 11.6 Å². The summed E-state index contributed by atoms with van der Waals surface area (Å²) < 4.78 is 25.4. The number of halogens is 2. The molecule has 0 unspecified atom stereocenters. The minimum absolute atomic E-state index is 0.0755. The van der Waals surface area contributed by atoms with Crippen LogP contribution in [-0.4, -0.2) is 21.2 Å². The van der Waals surface area contributed by atoms with E-state index in [1.807, 2.05) is 0 Å². The predicted molar refractivity (Wildman–Crippen MR) is 72.0 cm³/mol. The van der Waals surface area contributed by atoms with E-state index in [0.717, 1.165) is 3.57 Å². The number of rotatable bonds is 3. The Hall–Kier alpha value is -0.0100. The monoisotopic (exact) mass is 359 g/mol. The van der Waals surface area contributed by atoms with Crippen molar-refractivity contribution >= 4 is 49.9 Å². The Bertz CT molecular complexity index is 461. The Morgan fingerprint density at radius 3 is 2.60 bits per heavy atom. The standard InChI is InChI=1S/C9H11ClINO2S/c1-3-15(13,14)12(2)9-6-7(10)4-5-8(9)11/h4-6H,3H2,1-2H3. The topological polar surface area (TPSA) is 37.4 Å². The van der Waals surface area contributed by atoms with Crippen LogP contribution in [0.4, 0.5) is 5.69 Å². The van der Waals surface area contributed by atoms with Crippen molar-refractivity contribution in [3.8, 4) is 0 Å². The van der Waals surface area contributed by atoms with Crippen molar-refractivity contribution < 1.29 is 8.42 Å². The van der Waals surface area contributed by atoms with Crippen LogP contribution in [-0.2, 0) is 10.0 Å². The number of nitrogens with zero attached hydrogens (tertiary/aromatic N) is 1. The number of sulfonamides is 1. The van der Waals surface area contributed by atoms with Crippen molar-refractivity contribution in [1.29, 1.82) is 0 Å². The maximum Gasteiger partial charge on any atom is 0.234 e. The Morgan fingerprint density at radius 1 is 1.47 bits per heavy atom. The van der Waals surface area contributed by atoms with Crippen LogP contribution >= 0.6 is 34.2 Å². The normalized spacial score (nSPS) is 11.5. The van der Waals surface area contributed by atoms with Crippen molar-refractivity contribution in [2.75, 3.05) is 17.1 Å². The fraction of sp³-hybridized carbons (Fsp3) is 0.333. The quantitative estimate of drug-likeness (QED) is 0.778. The molecule has 0 fully saturated rings. The van der Waals surface area contributed by atoms with Crippen LogP contribution in [0.1, 0.15) is 6.92 Å². The molecule has 0 aromatic heterocycles. The van der Waals surface area contributed by atoms with Gasteiger partial charge in [0, 0.05) is 15.6 Å². The van der Waals surface area contributed by atoms with Gasteiger partial charge in [-0.15, -0.1) is 0 Å². The van der Waals surface area contributed by atoms with Gasteiger partial charge < -0.3 is 0 Å². The van der Waals surface area contributed by atoms with E-state index in [2.05, 4.69) is 22.6 Å². The largest absolute Gasteiger partial charge is 0.272 e. The number of hydrogen-bond acceptors (Lipinski definition) is 2. The van der Waals surface area contributed by atoms with Crippen LogP contribution in [0.15, 0.2) is 18.2 Å². The zero-order valence-corrected chi connectivity index (χ0v) is 12.1. The van der Waals surface area contributed by atoms with E-state index >= 15 is 0 Å². The van der Waals surface area contributed by atoms with Gasteiger partial charge in [0.2, 0.25) is 10.0 Å². The van der Waals surface area contributed by atoms with Crippen LogP contribution in [0, 0.1) is 3.57 Å². The molecule has 3 nitrogen and oxygen atoms in total. The summed E-state index contributed by atoms with van der Waals surface area (Å²) in [6, 6.07) is 5.18. The Balaban J connectivity index is 3.22. The second-order valence-corrected chi connectivity index (χ2v) is 6.85. The Kier molecular flexibility index (Phi) is 4.25. The molecular weight excluding hydrogens is 349 g/mol. The fourth-order valence-corrected chi connectivity index (χ4v) is 2.94. The van der Waals surface area contributed by atoms with E-state index in [1.54, 1.807) is 25.1 Å². The van der Waals surface area contributed by atoms with Gasteiger partial charge in [-0.3, -0.25) is 4.31 Å². The van der Waals surface area contributed by atoms with Gasteiger partial charge in [-0.25, -0.2) is 8.42 Å². The van der Waals surface area contributed by atoms with E-state index in [0.29, 0.717) is 10.7 Å². The molecule has 0 N–H and O–H groups in total. The molecule has 1 aromatic rings. The first-order valence-electron chi connectivity index (χ1n) is 4.30. The molecule has 0 spiro atoms. The van der Waals surface area contributed by atoms with Crippen LogP contribution in [0.5, 0.6) is 0 Å². The zero-order valence-electron chi connectivity index (χ0n) is 8.37. The van der Waals surface area contributed by atoms with E-state index in [4.69, 9.17) is 11.6 Å². The summed E-state index contributed by atoms with van der Waals surface area (Å²) in [5, 5.41) is 0.531. The molecule has 0 aliphatic rings. The molecule has 0 aliphatic heterocycles. The SMILES string of the molecule is CCS(=O)(=O)N(C)c1cc(Cl)ccc1I. The molecule has 0 saturated heterocycles. The third kappa shape index (κ3) is 2.98. The molecule has 0 saturated carbocycles. The molecule has 84 valence electrons. The molecule has 15 heavy (non-hydrogen) atoms. The molecule has 0 atom stereocenters. The minimum atomic E-state index is -3.22. The Morgan fingerprint density at radius 2 is 2.07 bits per heavy atom. The van der Waals surface area contributed by atoms with Crippen LogP contribution in [0.25, 0.3) is 0 Å². The van der Waals surface area contributed by atoms with Crippen LogP contribution in [0.2, 0.25) is 5.02 Å². The lowest BCUT2D eigenvalue weighted by molar-refractivity contribution is 0.595. The average molecular weight is 360 g/mol. The summed E-state index contributed by atoms with van der Waals surface area (Å²) in [6.45, 7) is 1.61. The highest BCUT2D eigenvalue weighted by atomic mass is 127. The average Bonchev–Trinajstić information content (AvgIpc) is 2.20. The van der Waals surface area contributed by atoms with Gasteiger partial charge in [0.05, 0.1) is 11.4 Å². The molecule has 0 amide bonds. The summed E-state index contributed by atoms with van der Waals surface area (Å²) in [7, 11) is -1.69.